The molecule has 0 spiro atoms. The molecule has 112 valence electrons. The van der Waals surface area contributed by atoms with Crippen LogP contribution < -0.4 is 5.32 Å². The summed E-state index contributed by atoms with van der Waals surface area (Å²) in [7, 11) is 4.06. The van der Waals surface area contributed by atoms with E-state index in [4.69, 9.17) is 0 Å². The molecule has 0 aliphatic rings. The van der Waals surface area contributed by atoms with Crippen molar-refractivity contribution in [2.45, 2.75) is 39.7 Å². The minimum atomic E-state index is -0.0841. The van der Waals surface area contributed by atoms with Crippen LogP contribution in [0.4, 0.5) is 0 Å². The molecule has 0 aliphatic heterocycles. The number of rotatable bonds is 6. The van der Waals surface area contributed by atoms with Crippen molar-refractivity contribution in [3.05, 3.63) is 28.8 Å². The van der Waals surface area contributed by atoms with Crippen molar-refractivity contribution in [3.8, 4) is 5.75 Å². The Balaban J connectivity index is 2.72. The molecule has 0 heterocycles. The number of phenols is 1. The number of aryl methyl sites for hydroxylation is 2. The molecule has 0 fully saturated rings. The summed E-state index contributed by atoms with van der Waals surface area (Å²) in [5.41, 5.74) is 2.06. The molecule has 0 saturated carbocycles. The number of amides is 1. The van der Waals surface area contributed by atoms with Crippen LogP contribution in [0.3, 0.4) is 0 Å². The van der Waals surface area contributed by atoms with Crippen molar-refractivity contribution in [1.29, 1.82) is 0 Å². The van der Waals surface area contributed by atoms with Gasteiger partial charge in [0.2, 0.25) is 0 Å². The van der Waals surface area contributed by atoms with E-state index >= 15 is 0 Å². The first-order chi connectivity index (χ1) is 9.36. The molecule has 1 aromatic rings. The molecule has 4 nitrogen and oxygen atoms in total. The Hall–Kier alpha value is -1.55. The molecule has 4 heteroatoms. The van der Waals surface area contributed by atoms with Gasteiger partial charge in [-0.05, 0) is 57.6 Å². The van der Waals surface area contributed by atoms with Crippen molar-refractivity contribution in [3.63, 3.8) is 0 Å². The third-order valence-electron chi connectivity index (χ3n) is 3.60. The van der Waals surface area contributed by atoms with Crippen molar-refractivity contribution >= 4 is 5.91 Å². The van der Waals surface area contributed by atoms with Gasteiger partial charge in [-0.1, -0.05) is 13.3 Å². The van der Waals surface area contributed by atoms with E-state index in [1.165, 1.54) is 0 Å². The highest BCUT2D eigenvalue weighted by atomic mass is 16.3. The summed E-state index contributed by atoms with van der Waals surface area (Å²) in [6, 6.07) is 3.80. The molecular weight excluding hydrogens is 252 g/mol. The summed E-state index contributed by atoms with van der Waals surface area (Å²) in [5, 5.41) is 12.7. The Kier molecular flexibility index (Phi) is 6.02. The van der Waals surface area contributed by atoms with E-state index in [0.717, 1.165) is 24.0 Å². The molecule has 1 rings (SSSR count). The summed E-state index contributed by atoms with van der Waals surface area (Å²) < 4.78 is 0. The van der Waals surface area contributed by atoms with Crippen LogP contribution in [0.25, 0.3) is 0 Å². The maximum atomic E-state index is 12.2. The second-order valence-electron chi connectivity index (χ2n) is 5.57. The van der Waals surface area contributed by atoms with Gasteiger partial charge in [0.05, 0.1) is 0 Å². The zero-order valence-electron chi connectivity index (χ0n) is 13.2. The normalized spacial score (nSPS) is 12.5. The standard InChI is InChI=1S/C16H26N2O2/c1-6-7-14(18(4)5)10-17-16(20)13-8-11(2)15(19)12(3)9-13/h8-9,14,19H,6-7,10H2,1-5H3,(H,17,20). The average molecular weight is 278 g/mol. The minimum Gasteiger partial charge on any atom is -0.507 e. The second-order valence-corrected chi connectivity index (χ2v) is 5.57. The molecule has 0 radical (unpaired) electrons. The number of nitrogens with one attached hydrogen (secondary N) is 1. The average Bonchev–Trinajstić information content (AvgIpc) is 2.39. The van der Waals surface area contributed by atoms with Gasteiger partial charge in [0.25, 0.3) is 5.91 Å². The number of carbonyl (C=O) groups is 1. The third-order valence-corrected chi connectivity index (χ3v) is 3.60. The molecule has 1 unspecified atom stereocenters. The van der Waals surface area contributed by atoms with Gasteiger partial charge in [-0.3, -0.25) is 4.79 Å². The van der Waals surface area contributed by atoms with E-state index in [2.05, 4.69) is 17.1 Å². The van der Waals surface area contributed by atoms with Gasteiger partial charge in [0.1, 0.15) is 5.75 Å². The van der Waals surface area contributed by atoms with Crippen molar-refractivity contribution in [1.82, 2.24) is 10.2 Å². The number of hydrogen-bond donors (Lipinski definition) is 2. The highest BCUT2D eigenvalue weighted by molar-refractivity contribution is 5.94. The summed E-state index contributed by atoms with van der Waals surface area (Å²) in [5.74, 6) is 0.179. The number of hydrogen-bond acceptors (Lipinski definition) is 3. The van der Waals surface area contributed by atoms with Crippen molar-refractivity contribution in [2.24, 2.45) is 0 Å². The predicted molar refractivity (Wildman–Crippen MR) is 82.3 cm³/mol. The fraction of sp³-hybridized carbons (Fsp3) is 0.562. The summed E-state index contributed by atoms with van der Waals surface area (Å²) in [4.78, 5) is 14.3. The molecule has 0 aromatic heterocycles. The summed E-state index contributed by atoms with van der Waals surface area (Å²) in [6.07, 6.45) is 2.15. The number of phenolic OH excluding ortho intramolecular Hbond substituents is 1. The van der Waals surface area contributed by atoms with Gasteiger partial charge in [0, 0.05) is 18.2 Å². The van der Waals surface area contributed by atoms with E-state index in [1.807, 2.05) is 14.1 Å². The number of benzene rings is 1. The SMILES string of the molecule is CCCC(CNC(=O)c1cc(C)c(O)c(C)c1)N(C)C. The fourth-order valence-electron chi connectivity index (χ4n) is 2.28. The van der Waals surface area contributed by atoms with Gasteiger partial charge in [-0.2, -0.15) is 0 Å². The first kappa shape index (κ1) is 16.5. The Labute approximate surface area is 121 Å². The Morgan fingerprint density at radius 3 is 2.30 bits per heavy atom. The number of likely N-dealkylation sites (N-methyl/N-ethyl adjacent to an activating group) is 1. The van der Waals surface area contributed by atoms with E-state index in [9.17, 15) is 9.90 Å². The van der Waals surface area contributed by atoms with Crippen LogP contribution in [0.5, 0.6) is 5.75 Å². The third kappa shape index (κ3) is 4.23. The topological polar surface area (TPSA) is 52.6 Å². The minimum absolute atomic E-state index is 0.0841. The van der Waals surface area contributed by atoms with Crippen LogP contribution in [0.15, 0.2) is 12.1 Å². The number of carbonyl (C=O) groups excluding carboxylic acids is 1. The molecule has 1 amide bonds. The monoisotopic (exact) mass is 278 g/mol. The lowest BCUT2D eigenvalue weighted by atomic mass is 10.0. The van der Waals surface area contributed by atoms with Gasteiger partial charge in [0.15, 0.2) is 0 Å². The highest BCUT2D eigenvalue weighted by Crippen LogP contribution is 2.22. The van der Waals surface area contributed by atoms with E-state index < -0.39 is 0 Å². The molecule has 0 saturated heterocycles. The lowest BCUT2D eigenvalue weighted by Crippen LogP contribution is -2.40. The molecule has 1 aromatic carbocycles. The maximum Gasteiger partial charge on any atom is 0.251 e. The van der Waals surface area contributed by atoms with E-state index in [0.29, 0.717) is 18.2 Å². The first-order valence-corrected chi connectivity index (χ1v) is 7.11. The smallest absolute Gasteiger partial charge is 0.251 e. The Morgan fingerprint density at radius 1 is 1.30 bits per heavy atom. The molecule has 2 N–H and O–H groups in total. The molecule has 1 atom stereocenters. The second kappa shape index (κ2) is 7.29. The van der Waals surface area contributed by atoms with Crippen LogP contribution in [0.2, 0.25) is 0 Å². The summed E-state index contributed by atoms with van der Waals surface area (Å²) >= 11 is 0. The van der Waals surface area contributed by atoms with Crippen molar-refractivity contribution < 1.29 is 9.90 Å². The zero-order chi connectivity index (χ0) is 15.3. The predicted octanol–water partition coefficient (Wildman–Crippen LogP) is 2.47. The van der Waals surface area contributed by atoms with Gasteiger partial charge in [-0.25, -0.2) is 0 Å². The Morgan fingerprint density at radius 2 is 1.85 bits per heavy atom. The van der Waals surface area contributed by atoms with E-state index in [-0.39, 0.29) is 11.7 Å². The quantitative estimate of drug-likeness (QED) is 0.840. The largest absolute Gasteiger partial charge is 0.507 e. The lowest BCUT2D eigenvalue weighted by molar-refractivity contribution is 0.0940. The van der Waals surface area contributed by atoms with Crippen LogP contribution in [-0.2, 0) is 0 Å². The summed E-state index contributed by atoms with van der Waals surface area (Å²) in [6.45, 7) is 6.39. The van der Waals surface area contributed by atoms with Gasteiger partial charge in [-0.15, -0.1) is 0 Å². The molecule has 0 aliphatic carbocycles. The molecular formula is C16H26N2O2. The lowest BCUT2D eigenvalue weighted by Gasteiger charge is -2.24. The highest BCUT2D eigenvalue weighted by Gasteiger charge is 2.14. The number of nitrogens with zero attached hydrogens (tertiary/aromatic N) is 1. The zero-order valence-corrected chi connectivity index (χ0v) is 13.2. The maximum absolute atomic E-state index is 12.2. The van der Waals surface area contributed by atoms with Gasteiger partial charge < -0.3 is 15.3 Å². The molecule has 0 bridgehead atoms. The van der Waals surface area contributed by atoms with E-state index in [1.54, 1.807) is 26.0 Å². The number of aromatic hydroxyl groups is 1. The Bertz CT molecular complexity index is 447. The van der Waals surface area contributed by atoms with Crippen LogP contribution >= 0.6 is 0 Å². The van der Waals surface area contributed by atoms with Crippen molar-refractivity contribution in [2.75, 3.05) is 20.6 Å². The molecule has 20 heavy (non-hydrogen) atoms. The van der Waals surface area contributed by atoms with Crippen LogP contribution in [0.1, 0.15) is 41.3 Å². The van der Waals surface area contributed by atoms with Crippen LogP contribution in [-0.4, -0.2) is 42.6 Å². The van der Waals surface area contributed by atoms with Crippen LogP contribution in [0, 0.1) is 13.8 Å². The first-order valence-electron chi connectivity index (χ1n) is 7.11. The fourth-order valence-corrected chi connectivity index (χ4v) is 2.28. The van der Waals surface area contributed by atoms with Gasteiger partial charge >= 0.3 is 0 Å².